The van der Waals surface area contributed by atoms with E-state index in [0.717, 1.165) is 11.1 Å². The van der Waals surface area contributed by atoms with Crippen LogP contribution in [0.2, 0.25) is 0 Å². The summed E-state index contributed by atoms with van der Waals surface area (Å²) in [5.41, 5.74) is 1.85. The third-order valence-corrected chi connectivity index (χ3v) is 2.76. The Morgan fingerprint density at radius 1 is 1.31 bits per heavy atom. The lowest BCUT2D eigenvalue weighted by Crippen LogP contribution is -2.26. The van der Waals surface area contributed by atoms with Crippen molar-refractivity contribution >= 4 is 12.0 Å². The second kappa shape index (κ2) is 3.73. The standard InChI is InChI=1S/C12H12O4/c1-15-12(16-2)6-5-8-3-4-9(11(13)14)7-10(8)12/h3-7H,1-2H3,(H,13,14). The molecule has 16 heavy (non-hydrogen) atoms. The van der Waals surface area contributed by atoms with Crippen molar-refractivity contribution in [3.63, 3.8) is 0 Å². The normalized spacial score (nSPS) is 16.1. The number of fused-ring (bicyclic) bond motifs is 1. The molecule has 0 bridgehead atoms. The number of carboxylic acid groups (broad SMARTS) is 1. The van der Waals surface area contributed by atoms with Crippen LogP contribution in [-0.2, 0) is 15.3 Å². The molecule has 0 unspecified atom stereocenters. The van der Waals surface area contributed by atoms with Crippen molar-refractivity contribution in [1.82, 2.24) is 0 Å². The maximum absolute atomic E-state index is 10.9. The smallest absolute Gasteiger partial charge is 0.335 e. The Bertz CT molecular complexity index is 458. The summed E-state index contributed by atoms with van der Waals surface area (Å²) in [7, 11) is 3.05. The molecule has 0 aromatic heterocycles. The molecule has 0 fully saturated rings. The van der Waals surface area contributed by atoms with Gasteiger partial charge < -0.3 is 14.6 Å². The zero-order chi connectivity index (χ0) is 11.8. The van der Waals surface area contributed by atoms with Gasteiger partial charge in [0.05, 0.1) is 5.56 Å². The molecule has 1 aromatic carbocycles. The Kier molecular flexibility index (Phi) is 2.53. The summed E-state index contributed by atoms with van der Waals surface area (Å²) < 4.78 is 10.6. The summed E-state index contributed by atoms with van der Waals surface area (Å²) >= 11 is 0. The topological polar surface area (TPSA) is 55.8 Å². The first-order valence-electron chi connectivity index (χ1n) is 4.80. The zero-order valence-electron chi connectivity index (χ0n) is 9.06. The third kappa shape index (κ3) is 1.43. The Morgan fingerprint density at radius 2 is 2.00 bits per heavy atom. The van der Waals surface area contributed by atoms with E-state index in [1.807, 2.05) is 6.08 Å². The second-order valence-electron chi connectivity index (χ2n) is 3.52. The molecule has 4 heteroatoms. The van der Waals surface area contributed by atoms with Crippen LogP contribution in [-0.4, -0.2) is 25.3 Å². The minimum absolute atomic E-state index is 0.223. The first-order chi connectivity index (χ1) is 7.63. The number of aromatic carboxylic acids is 1. The van der Waals surface area contributed by atoms with E-state index >= 15 is 0 Å². The molecular weight excluding hydrogens is 208 g/mol. The van der Waals surface area contributed by atoms with Gasteiger partial charge >= 0.3 is 5.97 Å². The van der Waals surface area contributed by atoms with Crippen LogP contribution in [0.5, 0.6) is 0 Å². The van der Waals surface area contributed by atoms with Crippen molar-refractivity contribution in [2.24, 2.45) is 0 Å². The van der Waals surface area contributed by atoms with Gasteiger partial charge in [-0.15, -0.1) is 0 Å². The van der Waals surface area contributed by atoms with E-state index in [1.54, 1.807) is 24.3 Å². The van der Waals surface area contributed by atoms with Crippen LogP contribution in [0.1, 0.15) is 21.5 Å². The van der Waals surface area contributed by atoms with Crippen molar-refractivity contribution in [3.8, 4) is 0 Å². The van der Waals surface area contributed by atoms with E-state index in [-0.39, 0.29) is 5.56 Å². The molecule has 0 amide bonds. The van der Waals surface area contributed by atoms with Crippen LogP contribution in [0.25, 0.3) is 6.08 Å². The predicted octanol–water partition coefficient (Wildman–Crippen LogP) is 1.86. The van der Waals surface area contributed by atoms with Gasteiger partial charge in [0.25, 0.3) is 0 Å². The summed E-state index contributed by atoms with van der Waals surface area (Å²) in [5, 5.41) is 8.93. The van der Waals surface area contributed by atoms with Crippen molar-refractivity contribution in [3.05, 3.63) is 41.0 Å². The molecule has 0 spiro atoms. The van der Waals surface area contributed by atoms with Crippen LogP contribution in [0.4, 0.5) is 0 Å². The van der Waals surface area contributed by atoms with Gasteiger partial charge in [-0.1, -0.05) is 12.1 Å². The van der Waals surface area contributed by atoms with E-state index in [4.69, 9.17) is 14.6 Å². The average molecular weight is 220 g/mol. The lowest BCUT2D eigenvalue weighted by atomic mass is 10.0. The molecule has 2 rings (SSSR count). The predicted molar refractivity (Wildman–Crippen MR) is 58.1 cm³/mol. The van der Waals surface area contributed by atoms with Gasteiger partial charge in [0.2, 0.25) is 5.79 Å². The maximum Gasteiger partial charge on any atom is 0.335 e. The van der Waals surface area contributed by atoms with Crippen LogP contribution >= 0.6 is 0 Å². The fourth-order valence-electron chi connectivity index (χ4n) is 1.87. The maximum atomic E-state index is 10.9. The van der Waals surface area contributed by atoms with Gasteiger partial charge in [0, 0.05) is 19.8 Å². The summed E-state index contributed by atoms with van der Waals surface area (Å²) in [6, 6.07) is 4.88. The van der Waals surface area contributed by atoms with E-state index < -0.39 is 11.8 Å². The minimum atomic E-state index is -0.962. The molecule has 0 saturated carbocycles. The molecule has 0 saturated heterocycles. The SMILES string of the molecule is COC1(OC)C=Cc2ccc(C(=O)O)cc21. The Balaban J connectivity index is 2.55. The highest BCUT2D eigenvalue weighted by molar-refractivity contribution is 5.88. The second-order valence-corrected chi connectivity index (χ2v) is 3.52. The Labute approximate surface area is 93.1 Å². The van der Waals surface area contributed by atoms with Gasteiger partial charge in [0.15, 0.2) is 0 Å². The number of rotatable bonds is 3. The van der Waals surface area contributed by atoms with Crippen LogP contribution < -0.4 is 0 Å². The lowest BCUT2D eigenvalue weighted by molar-refractivity contribution is -0.175. The highest BCUT2D eigenvalue weighted by Crippen LogP contribution is 2.37. The molecule has 0 heterocycles. The number of benzene rings is 1. The van der Waals surface area contributed by atoms with E-state index in [9.17, 15) is 4.79 Å². The van der Waals surface area contributed by atoms with Gasteiger partial charge in [-0.25, -0.2) is 4.79 Å². The zero-order valence-corrected chi connectivity index (χ0v) is 9.06. The highest BCUT2D eigenvalue weighted by atomic mass is 16.7. The minimum Gasteiger partial charge on any atom is -0.478 e. The van der Waals surface area contributed by atoms with Crippen molar-refractivity contribution < 1.29 is 19.4 Å². The van der Waals surface area contributed by atoms with Gasteiger partial charge in [0.1, 0.15) is 0 Å². The first-order valence-corrected chi connectivity index (χ1v) is 4.80. The molecule has 1 aliphatic rings. The highest BCUT2D eigenvalue weighted by Gasteiger charge is 2.35. The number of carbonyl (C=O) groups is 1. The van der Waals surface area contributed by atoms with E-state index in [0.29, 0.717) is 0 Å². The monoisotopic (exact) mass is 220 g/mol. The largest absolute Gasteiger partial charge is 0.478 e. The number of hydrogen-bond acceptors (Lipinski definition) is 3. The fraction of sp³-hybridized carbons (Fsp3) is 0.250. The molecule has 0 radical (unpaired) electrons. The molecule has 84 valence electrons. The van der Waals surface area contributed by atoms with Crippen LogP contribution in [0, 0.1) is 0 Å². The van der Waals surface area contributed by atoms with Crippen LogP contribution in [0.3, 0.4) is 0 Å². The molecular formula is C12H12O4. The Morgan fingerprint density at radius 3 is 2.56 bits per heavy atom. The number of ether oxygens (including phenoxy) is 2. The number of hydrogen-bond donors (Lipinski definition) is 1. The van der Waals surface area contributed by atoms with Crippen molar-refractivity contribution in [1.29, 1.82) is 0 Å². The molecule has 0 aliphatic heterocycles. The quantitative estimate of drug-likeness (QED) is 0.790. The summed E-state index contributed by atoms with van der Waals surface area (Å²) in [6.07, 6.45) is 3.62. The summed E-state index contributed by atoms with van der Waals surface area (Å²) in [4.78, 5) is 10.9. The van der Waals surface area contributed by atoms with Gasteiger partial charge in [-0.3, -0.25) is 0 Å². The van der Waals surface area contributed by atoms with Crippen molar-refractivity contribution in [2.75, 3.05) is 14.2 Å². The van der Waals surface area contributed by atoms with Crippen molar-refractivity contribution in [2.45, 2.75) is 5.79 Å². The Hall–Kier alpha value is -1.65. The van der Waals surface area contributed by atoms with E-state index in [1.165, 1.54) is 14.2 Å². The molecule has 0 atom stereocenters. The van der Waals surface area contributed by atoms with Gasteiger partial charge in [-0.2, -0.15) is 0 Å². The summed E-state index contributed by atoms with van der Waals surface area (Å²) in [5.74, 6) is -1.92. The molecule has 1 N–H and O–H groups in total. The molecule has 1 aliphatic carbocycles. The third-order valence-electron chi connectivity index (χ3n) is 2.76. The van der Waals surface area contributed by atoms with Crippen LogP contribution in [0.15, 0.2) is 24.3 Å². The average Bonchev–Trinajstić information content (AvgIpc) is 2.67. The number of carboxylic acids is 1. The van der Waals surface area contributed by atoms with E-state index in [2.05, 4.69) is 0 Å². The lowest BCUT2D eigenvalue weighted by Gasteiger charge is -2.25. The molecule has 1 aromatic rings. The van der Waals surface area contributed by atoms with Gasteiger partial charge in [-0.05, 0) is 23.8 Å². The summed E-state index contributed by atoms with van der Waals surface area (Å²) in [6.45, 7) is 0. The molecule has 4 nitrogen and oxygen atoms in total. The first kappa shape index (κ1) is 10.9. The number of methoxy groups -OCH3 is 2. The fourth-order valence-corrected chi connectivity index (χ4v) is 1.87.